The van der Waals surface area contributed by atoms with E-state index in [1.54, 1.807) is 11.3 Å². The Balaban J connectivity index is 1.82. The smallest absolute Gasteiger partial charge is 0.238 e. The Hall–Kier alpha value is -0.910. The Bertz CT molecular complexity index is 367. The van der Waals surface area contributed by atoms with E-state index in [-0.39, 0.29) is 12.1 Å². The summed E-state index contributed by atoms with van der Waals surface area (Å²) in [7, 11) is 0. The summed E-state index contributed by atoms with van der Waals surface area (Å²) in [5.74, 6) is 0.158. The van der Waals surface area contributed by atoms with E-state index in [2.05, 4.69) is 23.7 Å². The summed E-state index contributed by atoms with van der Waals surface area (Å²) >= 11 is 1.66. The average Bonchev–Trinajstić information content (AvgIpc) is 2.99. The van der Waals surface area contributed by atoms with Crippen LogP contribution in [0.4, 0.5) is 0 Å². The van der Waals surface area contributed by atoms with E-state index >= 15 is 0 Å². The molecule has 0 saturated carbocycles. The van der Waals surface area contributed by atoms with Crippen molar-refractivity contribution < 1.29 is 9.53 Å². The van der Waals surface area contributed by atoms with Crippen LogP contribution >= 0.6 is 11.3 Å². The molecule has 1 unspecified atom stereocenters. The van der Waals surface area contributed by atoms with Gasteiger partial charge in [-0.15, -0.1) is 0 Å². The minimum Gasteiger partial charge on any atom is -0.380 e. The second-order valence-corrected chi connectivity index (χ2v) is 5.17. The van der Waals surface area contributed by atoms with Gasteiger partial charge < -0.3 is 9.64 Å². The predicted octanol–water partition coefficient (Wildman–Crippen LogP) is 2.00. The fraction of sp³-hybridized carbons (Fsp3) is 0.615. The lowest BCUT2D eigenvalue weighted by molar-refractivity contribution is -0.128. The van der Waals surface area contributed by atoms with Gasteiger partial charge in [-0.05, 0) is 28.8 Å². The van der Waals surface area contributed by atoms with Gasteiger partial charge in [-0.2, -0.15) is 11.3 Å². The summed E-state index contributed by atoms with van der Waals surface area (Å²) in [6.45, 7) is 4.64. The quantitative estimate of drug-likeness (QED) is 0.769. The molecule has 0 spiro atoms. The molecule has 0 radical (unpaired) electrons. The first-order chi connectivity index (χ1) is 8.83. The largest absolute Gasteiger partial charge is 0.380 e. The van der Waals surface area contributed by atoms with Gasteiger partial charge >= 0.3 is 0 Å². The second-order valence-electron chi connectivity index (χ2n) is 4.39. The number of carbonyl (C=O) groups excluding carboxylic acids is 1. The highest BCUT2D eigenvalue weighted by Gasteiger charge is 2.31. The van der Waals surface area contributed by atoms with E-state index in [0.29, 0.717) is 19.7 Å². The number of rotatable bonds is 7. The van der Waals surface area contributed by atoms with Gasteiger partial charge in [0.25, 0.3) is 0 Å². The summed E-state index contributed by atoms with van der Waals surface area (Å²) in [6.07, 6.45) is 2.25. The number of nitrogens with zero attached hydrogens (tertiary/aromatic N) is 1. The molecule has 1 aliphatic heterocycles. The van der Waals surface area contributed by atoms with E-state index in [4.69, 9.17) is 4.74 Å². The van der Waals surface area contributed by atoms with Gasteiger partial charge in [-0.25, -0.2) is 0 Å². The Morgan fingerprint density at radius 2 is 2.44 bits per heavy atom. The molecule has 1 amide bonds. The second kappa shape index (κ2) is 6.87. The predicted molar refractivity (Wildman–Crippen MR) is 72.5 cm³/mol. The summed E-state index contributed by atoms with van der Waals surface area (Å²) in [4.78, 5) is 13.7. The molecule has 2 heterocycles. The number of carbonyl (C=O) groups is 1. The number of nitrogens with one attached hydrogen (secondary N) is 1. The molecule has 1 aromatic heterocycles. The van der Waals surface area contributed by atoms with Gasteiger partial charge in [-0.1, -0.05) is 13.3 Å². The third kappa shape index (κ3) is 3.31. The van der Waals surface area contributed by atoms with Gasteiger partial charge in [0.2, 0.25) is 5.91 Å². The Morgan fingerprint density at radius 1 is 1.56 bits per heavy atom. The highest BCUT2D eigenvalue weighted by Crippen LogP contribution is 2.23. The average molecular weight is 268 g/mol. The van der Waals surface area contributed by atoms with Crippen LogP contribution in [0.5, 0.6) is 0 Å². The van der Waals surface area contributed by atoms with E-state index < -0.39 is 0 Å². The Labute approximate surface area is 112 Å². The maximum Gasteiger partial charge on any atom is 0.238 e. The highest BCUT2D eigenvalue weighted by molar-refractivity contribution is 7.07. The lowest BCUT2D eigenvalue weighted by atomic mass is 10.2. The molecular formula is C13H20N2O2S. The summed E-state index contributed by atoms with van der Waals surface area (Å²) in [5, 5.41) is 7.36. The van der Waals surface area contributed by atoms with Crippen molar-refractivity contribution >= 4 is 17.2 Å². The molecule has 2 rings (SSSR count). The lowest BCUT2D eigenvalue weighted by Gasteiger charge is -2.23. The maximum atomic E-state index is 11.8. The number of hydrogen-bond acceptors (Lipinski definition) is 4. The monoisotopic (exact) mass is 268 g/mol. The Morgan fingerprint density at radius 3 is 3.17 bits per heavy atom. The van der Waals surface area contributed by atoms with Crippen LogP contribution in [0.1, 0.15) is 31.5 Å². The fourth-order valence-corrected chi connectivity index (χ4v) is 2.71. The number of ether oxygens (including phenoxy) is 1. The zero-order valence-corrected chi connectivity index (χ0v) is 11.5. The van der Waals surface area contributed by atoms with Crippen LogP contribution in [-0.2, 0) is 9.53 Å². The van der Waals surface area contributed by atoms with Crippen LogP contribution < -0.4 is 5.32 Å². The van der Waals surface area contributed by atoms with Crippen LogP contribution in [0, 0.1) is 0 Å². The van der Waals surface area contributed by atoms with E-state index in [0.717, 1.165) is 19.4 Å². The van der Waals surface area contributed by atoms with Crippen molar-refractivity contribution in [1.29, 1.82) is 0 Å². The number of hydrogen-bond donors (Lipinski definition) is 1. The molecule has 100 valence electrons. The zero-order chi connectivity index (χ0) is 12.8. The van der Waals surface area contributed by atoms with Crippen molar-refractivity contribution in [3.63, 3.8) is 0 Å². The number of amides is 1. The molecule has 0 bridgehead atoms. The molecule has 1 saturated heterocycles. The first-order valence-corrected chi connectivity index (χ1v) is 7.40. The Kier molecular flexibility index (Phi) is 5.16. The standard InChI is InChI=1S/C13H20N2O2S/c1-2-3-6-17-7-5-15-12(16)9-14-13(15)11-4-8-18-10-11/h4,8,10,13-14H,2-3,5-7,9H2,1H3. The molecule has 4 nitrogen and oxygen atoms in total. The van der Waals surface area contributed by atoms with Crippen molar-refractivity contribution in [3.05, 3.63) is 22.4 Å². The normalized spacial score (nSPS) is 19.7. The summed E-state index contributed by atoms with van der Waals surface area (Å²) < 4.78 is 5.53. The van der Waals surface area contributed by atoms with Gasteiger partial charge in [0.1, 0.15) is 6.17 Å². The van der Waals surface area contributed by atoms with Gasteiger partial charge in [0.05, 0.1) is 13.2 Å². The SMILES string of the molecule is CCCCOCCN1C(=O)CNC1c1ccsc1. The van der Waals surface area contributed by atoms with Crippen molar-refractivity contribution in [2.45, 2.75) is 25.9 Å². The third-order valence-corrected chi connectivity index (χ3v) is 3.76. The molecule has 5 heteroatoms. The molecule has 1 N–H and O–H groups in total. The zero-order valence-electron chi connectivity index (χ0n) is 10.7. The van der Waals surface area contributed by atoms with Crippen LogP contribution in [-0.4, -0.2) is 37.1 Å². The summed E-state index contributed by atoms with van der Waals surface area (Å²) in [5.41, 5.74) is 1.17. The van der Waals surface area contributed by atoms with Gasteiger partial charge in [0.15, 0.2) is 0 Å². The molecule has 1 atom stereocenters. The summed E-state index contributed by atoms with van der Waals surface area (Å²) in [6, 6.07) is 2.06. The van der Waals surface area contributed by atoms with Crippen LogP contribution in [0.3, 0.4) is 0 Å². The maximum absolute atomic E-state index is 11.8. The van der Waals surface area contributed by atoms with Crippen molar-refractivity contribution in [2.24, 2.45) is 0 Å². The van der Waals surface area contributed by atoms with E-state index in [9.17, 15) is 4.79 Å². The van der Waals surface area contributed by atoms with Crippen LogP contribution in [0.15, 0.2) is 16.8 Å². The van der Waals surface area contributed by atoms with Gasteiger partial charge in [-0.3, -0.25) is 10.1 Å². The first kappa shape index (κ1) is 13.5. The van der Waals surface area contributed by atoms with E-state index in [1.165, 1.54) is 5.56 Å². The van der Waals surface area contributed by atoms with Crippen LogP contribution in [0.2, 0.25) is 0 Å². The number of unbranched alkanes of at least 4 members (excludes halogenated alkanes) is 1. The molecule has 1 aromatic rings. The molecule has 0 aromatic carbocycles. The molecule has 0 aliphatic carbocycles. The van der Waals surface area contributed by atoms with E-state index in [1.807, 2.05) is 10.3 Å². The van der Waals surface area contributed by atoms with Crippen molar-refractivity contribution in [1.82, 2.24) is 10.2 Å². The topological polar surface area (TPSA) is 41.6 Å². The molecular weight excluding hydrogens is 248 g/mol. The van der Waals surface area contributed by atoms with Crippen molar-refractivity contribution in [3.8, 4) is 0 Å². The fourth-order valence-electron chi connectivity index (χ4n) is 2.03. The minimum absolute atomic E-state index is 0.0264. The van der Waals surface area contributed by atoms with Crippen molar-refractivity contribution in [2.75, 3.05) is 26.3 Å². The molecule has 1 fully saturated rings. The molecule has 18 heavy (non-hydrogen) atoms. The highest BCUT2D eigenvalue weighted by atomic mass is 32.1. The minimum atomic E-state index is 0.0264. The van der Waals surface area contributed by atoms with Gasteiger partial charge in [0, 0.05) is 13.2 Å². The first-order valence-electron chi connectivity index (χ1n) is 6.45. The lowest BCUT2D eigenvalue weighted by Crippen LogP contribution is -2.33. The van der Waals surface area contributed by atoms with Crippen LogP contribution in [0.25, 0.3) is 0 Å². The third-order valence-electron chi connectivity index (χ3n) is 3.06. The molecule has 1 aliphatic rings. The number of thiophene rings is 1.